The van der Waals surface area contributed by atoms with Crippen molar-refractivity contribution in [2.45, 2.75) is 25.2 Å². The Labute approximate surface area is 361 Å². The second kappa shape index (κ2) is 20.2. The lowest BCUT2D eigenvalue weighted by molar-refractivity contribution is -0.117. The monoisotopic (exact) mass is 882 g/mol. The zero-order valence-corrected chi connectivity index (χ0v) is 34.5. The molecule has 2 aromatic heterocycles. The van der Waals surface area contributed by atoms with E-state index in [-0.39, 0.29) is 52.8 Å². The van der Waals surface area contributed by atoms with Crippen LogP contribution in [0.3, 0.4) is 0 Å². The summed E-state index contributed by atoms with van der Waals surface area (Å²) in [6, 6.07) is 36.5. The van der Waals surface area contributed by atoms with Crippen molar-refractivity contribution in [2.75, 3.05) is 10.6 Å². The van der Waals surface area contributed by atoms with Crippen LogP contribution in [0.4, 0.5) is 18.8 Å². The number of benzene rings is 5. The summed E-state index contributed by atoms with van der Waals surface area (Å²) in [5.74, 6) is -4.52. The molecule has 0 fully saturated rings. The van der Waals surface area contributed by atoms with Gasteiger partial charge < -0.3 is 20.8 Å². The van der Waals surface area contributed by atoms with Crippen molar-refractivity contribution < 1.29 is 38.2 Å². The Bertz CT molecular complexity index is 2580. The Morgan fingerprint density at radius 2 is 1.05 bits per heavy atom. The second-order valence-corrected chi connectivity index (χ2v) is 15.9. The zero-order chi connectivity index (χ0) is 42.8. The molecule has 5 aromatic carbocycles. The van der Waals surface area contributed by atoms with Crippen LogP contribution in [0.1, 0.15) is 56.2 Å². The highest BCUT2D eigenvalue weighted by molar-refractivity contribution is 7.15. The fourth-order valence-corrected chi connectivity index (χ4v) is 8.54. The van der Waals surface area contributed by atoms with E-state index in [9.17, 15) is 38.2 Å². The third-order valence-corrected chi connectivity index (χ3v) is 11.6. The molecule has 14 heteroatoms. The maximum absolute atomic E-state index is 13.7. The van der Waals surface area contributed by atoms with Gasteiger partial charge in [0, 0.05) is 56.8 Å². The van der Waals surface area contributed by atoms with Gasteiger partial charge in [-0.15, -0.1) is 22.7 Å². The zero-order valence-electron chi connectivity index (χ0n) is 31.3. The number of carboxylic acid groups (broad SMARTS) is 2. The van der Waals surface area contributed by atoms with Crippen LogP contribution in [-0.4, -0.2) is 34.0 Å². The molecule has 304 valence electrons. The van der Waals surface area contributed by atoms with Gasteiger partial charge >= 0.3 is 11.9 Å². The quantitative estimate of drug-likeness (QED) is 0.0911. The molecule has 0 aliphatic rings. The molecule has 0 aliphatic carbocycles. The summed E-state index contributed by atoms with van der Waals surface area (Å²) in [5.41, 5.74) is 4.74. The number of aryl methyl sites for hydroxylation is 1. The lowest BCUT2D eigenvalue weighted by atomic mass is 9.88. The first-order chi connectivity index (χ1) is 28.9. The molecule has 0 radical (unpaired) electrons. The Morgan fingerprint density at radius 3 is 1.48 bits per heavy atom. The minimum Gasteiger partial charge on any atom is -0.478 e. The molecule has 2 amide bonds. The van der Waals surface area contributed by atoms with E-state index in [1.807, 2.05) is 60.7 Å². The standard InChI is InChI=1S/C26H20ClNO3S.C20H14ClF2NO3S/c27-20-13-11-19(12-14-20)22-16-32-25(24(22)26(30)31)28-23(29)15-21(17-7-3-1-4-8-17)18-9-5-2-6-10-18;21-13-5-1-11(2-6-13)15-10-28-19(18(15)20(26)27)24-17(25)8-4-12-3-7-14(22)9-16(12)23/h1-14,16,21H,15H2,(H,28,29)(H,30,31);1-3,5-7,9-10H,4,8H2,(H,24,25)(H,26,27). The number of nitrogens with one attached hydrogen (secondary N) is 2. The molecule has 2 heterocycles. The van der Waals surface area contributed by atoms with Gasteiger partial charge in [0.2, 0.25) is 11.8 Å². The average Bonchev–Trinajstić information content (AvgIpc) is 3.86. The second-order valence-electron chi connectivity index (χ2n) is 13.2. The average molecular weight is 884 g/mol. The van der Waals surface area contributed by atoms with Gasteiger partial charge in [-0.2, -0.15) is 0 Å². The van der Waals surface area contributed by atoms with Gasteiger partial charge in [0.15, 0.2) is 0 Å². The van der Waals surface area contributed by atoms with Crippen molar-refractivity contribution in [2.24, 2.45) is 0 Å². The predicted molar refractivity (Wildman–Crippen MR) is 235 cm³/mol. The van der Waals surface area contributed by atoms with Gasteiger partial charge in [0.25, 0.3) is 0 Å². The number of halogens is 4. The molecule has 0 atom stereocenters. The Balaban J connectivity index is 0.000000203. The summed E-state index contributed by atoms with van der Waals surface area (Å²) < 4.78 is 26.6. The molecule has 4 N–H and O–H groups in total. The molecule has 0 spiro atoms. The third-order valence-electron chi connectivity index (χ3n) is 9.26. The Kier molecular flexibility index (Phi) is 14.6. The van der Waals surface area contributed by atoms with Gasteiger partial charge in [-0.1, -0.05) is 114 Å². The molecular weight excluding hydrogens is 850 g/mol. The van der Waals surface area contributed by atoms with Crippen LogP contribution in [0.15, 0.2) is 138 Å². The van der Waals surface area contributed by atoms with E-state index in [0.717, 1.165) is 40.2 Å². The molecule has 7 rings (SSSR count). The summed E-state index contributed by atoms with van der Waals surface area (Å²) in [7, 11) is 0. The summed E-state index contributed by atoms with van der Waals surface area (Å²) in [4.78, 5) is 49.0. The predicted octanol–water partition coefficient (Wildman–Crippen LogP) is 12.5. The number of amides is 2. The minimum absolute atomic E-state index is 0.0198. The SMILES string of the molecule is O=C(CC(c1ccccc1)c1ccccc1)Nc1scc(-c2ccc(Cl)cc2)c1C(=O)O.O=C(CCc1ccc(F)cc1F)Nc1scc(-c2ccc(Cl)cc2)c1C(=O)O. The number of hydrogen-bond acceptors (Lipinski definition) is 6. The van der Waals surface area contributed by atoms with Gasteiger partial charge in [-0.05, 0) is 64.6 Å². The molecule has 0 aliphatic heterocycles. The van der Waals surface area contributed by atoms with Gasteiger partial charge in [0.05, 0.1) is 0 Å². The number of thiophene rings is 2. The van der Waals surface area contributed by atoms with Crippen LogP contribution < -0.4 is 10.6 Å². The van der Waals surface area contributed by atoms with Crippen LogP contribution in [0, 0.1) is 11.6 Å². The number of carbonyl (C=O) groups is 4. The van der Waals surface area contributed by atoms with Crippen molar-refractivity contribution >= 4 is 79.6 Å². The fraction of sp³-hybridized carbons (Fsp3) is 0.0870. The highest BCUT2D eigenvalue weighted by Gasteiger charge is 2.24. The van der Waals surface area contributed by atoms with Crippen LogP contribution in [0.2, 0.25) is 10.0 Å². The van der Waals surface area contributed by atoms with Gasteiger partial charge in [-0.25, -0.2) is 18.4 Å². The molecule has 0 unspecified atom stereocenters. The highest BCUT2D eigenvalue weighted by Crippen LogP contribution is 2.38. The normalized spacial score (nSPS) is 10.8. The number of rotatable bonds is 13. The third kappa shape index (κ3) is 11.1. The van der Waals surface area contributed by atoms with E-state index in [0.29, 0.717) is 31.7 Å². The van der Waals surface area contributed by atoms with E-state index < -0.39 is 29.5 Å². The van der Waals surface area contributed by atoms with E-state index in [2.05, 4.69) is 10.6 Å². The Morgan fingerprint density at radius 1 is 0.600 bits per heavy atom. The highest BCUT2D eigenvalue weighted by atomic mass is 35.5. The molecular formula is C46H34Cl2F2N2O6S2. The molecule has 0 saturated heterocycles. The topological polar surface area (TPSA) is 133 Å². The first-order valence-corrected chi connectivity index (χ1v) is 20.7. The number of carboxylic acids is 2. The number of anilines is 2. The molecule has 8 nitrogen and oxygen atoms in total. The summed E-state index contributed by atoms with van der Waals surface area (Å²) in [5, 5.41) is 29.8. The number of carbonyl (C=O) groups excluding carboxylic acids is 2. The van der Waals surface area contributed by atoms with Crippen LogP contribution >= 0.6 is 45.9 Å². The van der Waals surface area contributed by atoms with Gasteiger partial charge in [-0.3, -0.25) is 9.59 Å². The number of hydrogen-bond donors (Lipinski definition) is 4. The smallest absolute Gasteiger partial charge is 0.339 e. The lowest BCUT2D eigenvalue weighted by Gasteiger charge is -2.18. The summed E-state index contributed by atoms with van der Waals surface area (Å²) in [6.45, 7) is 0. The summed E-state index contributed by atoms with van der Waals surface area (Å²) in [6.07, 6.45) is 0.187. The van der Waals surface area contributed by atoms with Crippen LogP contribution in [0.5, 0.6) is 0 Å². The molecule has 0 bridgehead atoms. The van der Waals surface area contributed by atoms with E-state index in [1.165, 1.54) is 17.4 Å². The van der Waals surface area contributed by atoms with E-state index in [1.54, 1.807) is 59.3 Å². The molecule has 7 aromatic rings. The van der Waals surface area contributed by atoms with Crippen molar-refractivity contribution in [3.05, 3.63) is 188 Å². The van der Waals surface area contributed by atoms with Crippen LogP contribution in [-0.2, 0) is 16.0 Å². The number of aromatic carboxylic acids is 2. The van der Waals surface area contributed by atoms with Crippen molar-refractivity contribution in [3.63, 3.8) is 0 Å². The fourth-order valence-electron chi connectivity index (χ4n) is 6.33. The lowest BCUT2D eigenvalue weighted by Crippen LogP contribution is -2.17. The molecule has 60 heavy (non-hydrogen) atoms. The summed E-state index contributed by atoms with van der Waals surface area (Å²) >= 11 is 14.1. The maximum atomic E-state index is 13.7. The van der Waals surface area contributed by atoms with Crippen LogP contribution in [0.25, 0.3) is 22.3 Å². The van der Waals surface area contributed by atoms with E-state index in [4.69, 9.17) is 23.2 Å². The van der Waals surface area contributed by atoms with Crippen molar-refractivity contribution in [1.29, 1.82) is 0 Å². The molecule has 0 saturated carbocycles. The van der Waals surface area contributed by atoms with Crippen molar-refractivity contribution in [3.8, 4) is 22.3 Å². The maximum Gasteiger partial charge on any atom is 0.339 e. The first kappa shape index (κ1) is 43.4. The van der Waals surface area contributed by atoms with Gasteiger partial charge in [0.1, 0.15) is 32.8 Å². The largest absolute Gasteiger partial charge is 0.478 e. The minimum atomic E-state index is -1.17. The van der Waals surface area contributed by atoms with E-state index >= 15 is 0 Å². The Hall–Kier alpha value is -6.18. The first-order valence-electron chi connectivity index (χ1n) is 18.2. The van der Waals surface area contributed by atoms with Crippen molar-refractivity contribution in [1.82, 2.24) is 0 Å².